The summed E-state index contributed by atoms with van der Waals surface area (Å²) >= 11 is 1.17. The van der Waals surface area contributed by atoms with E-state index in [0.717, 1.165) is 0 Å². The van der Waals surface area contributed by atoms with Gasteiger partial charge in [0.05, 0.1) is 11.2 Å². The van der Waals surface area contributed by atoms with Crippen LogP contribution in [0.1, 0.15) is 12.8 Å². The van der Waals surface area contributed by atoms with E-state index in [-0.39, 0.29) is 34.5 Å². The number of thiazole rings is 1. The number of benzene rings is 1. The fourth-order valence-corrected chi connectivity index (χ4v) is 4.73. The number of carbonyl (C=O) groups excluding carboxylic acids is 1. The van der Waals surface area contributed by atoms with E-state index < -0.39 is 10.0 Å². The van der Waals surface area contributed by atoms with Gasteiger partial charge in [0.2, 0.25) is 5.91 Å². The van der Waals surface area contributed by atoms with Crippen LogP contribution in [0, 0.1) is 0 Å². The van der Waals surface area contributed by atoms with Crippen LogP contribution in [0.4, 0.5) is 10.8 Å². The smallest absolute Gasteiger partial charge is 0.266 e. The largest absolute Gasteiger partial charge is 0.463 e. The molecule has 0 radical (unpaired) electrons. The minimum absolute atomic E-state index is 0.0533. The Morgan fingerprint density at radius 2 is 1.94 bits per heavy atom. The lowest BCUT2D eigenvalue weighted by atomic mass is 10.2. The van der Waals surface area contributed by atoms with Gasteiger partial charge >= 0.3 is 0 Å². The molecular weight excluding hydrogens is 466 g/mol. The maximum absolute atomic E-state index is 12.4. The summed E-state index contributed by atoms with van der Waals surface area (Å²) in [6.45, 7) is 0.264. The number of hydrogen-bond donors (Lipinski definition) is 2. The SMILES string of the molecule is O=C(CCCn1nc(-c2ccco2)ccc1=O)Nc1ccc(S(=O)(=O)Nc2nccs2)cc1. The van der Waals surface area contributed by atoms with Crippen molar-refractivity contribution in [2.45, 2.75) is 24.3 Å². The van der Waals surface area contributed by atoms with Gasteiger partial charge in [0.1, 0.15) is 5.69 Å². The first-order valence-electron chi connectivity index (χ1n) is 9.85. The number of sulfonamides is 1. The Hall–Kier alpha value is -3.77. The second-order valence-corrected chi connectivity index (χ2v) is 9.45. The van der Waals surface area contributed by atoms with Gasteiger partial charge in [-0.15, -0.1) is 11.3 Å². The summed E-state index contributed by atoms with van der Waals surface area (Å²) in [6, 6.07) is 12.3. The molecule has 10 nitrogen and oxygen atoms in total. The van der Waals surface area contributed by atoms with Gasteiger partial charge < -0.3 is 9.73 Å². The summed E-state index contributed by atoms with van der Waals surface area (Å²) in [5, 5.41) is 8.92. The zero-order valence-corrected chi connectivity index (χ0v) is 18.8. The maximum atomic E-state index is 12.4. The number of furan rings is 1. The summed E-state index contributed by atoms with van der Waals surface area (Å²) in [6.07, 6.45) is 3.58. The summed E-state index contributed by atoms with van der Waals surface area (Å²) in [4.78, 5) is 28.2. The molecule has 0 aliphatic rings. The first-order valence-corrected chi connectivity index (χ1v) is 12.2. The molecule has 12 heteroatoms. The highest BCUT2D eigenvalue weighted by molar-refractivity contribution is 7.93. The van der Waals surface area contributed by atoms with Crippen LogP contribution in [-0.2, 0) is 21.4 Å². The molecule has 0 aliphatic carbocycles. The van der Waals surface area contributed by atoms with Crippen LogP contribution < -0.4 is 15.6 Å². The van der Waals surface area contributed by atoms with Gasteiger partial charge in [-0.05, 0) is 48.9 Å². The second-order valence-electron chi connectivity index (χ2n) is 6.88. The number of anilines is 2. The summed E-state index contributed by atoms with van der Waals surface area (Å²) in [5.41, 5.74) is 0.723. The van der Waals surface area contributed by atoms with E-state index in [1.807, 2.05) is 0 Å². The van der Waals surface area contributed by atoms with Gasteiger partial charge in [0, 0.05) is 36.3 Å². The molecule has 0 saturated heterocycles. The molecule has 1 aromatic carbocycles. The molecule has 33 heavy (non-hydrogen) atoms. The first kappa shape index (κ1) is 22.4. The lowest BCUT2D eigenvalue weighted by Crippen LogP contribution is -2.23. The van der Waals surface area contributed by atoms with Crippen molar-refractivity contribution in [3.63, 3.8) is 0 Å². The molecule has 0 saturated carbocycles. The predicted molar refractivity (Wildman–Crippen MR) is 123 cm³/mol. The van der Waals surface area contributed by atoms with Gasteiger partial charge in [0.15, 0.2) is 10.9 Å². The van der Waals surface area contributed by atoms with E-state index >= 15 is 0 Å². The number of rotatable bonds is 9. The van der Waals surface area contributed by atoms with Gasteiger partial charge in [-0.3, -0.25) is 14.3 Å². The number of nitrogens with one attached hydrogen (secondary N) is 2. The highest BCUT2D eigenvalue weighted by atomic mass is 32.2. The molecule has 1 amide bonds. The van der Waals surface area contributed by atoms with Crippen LogP contribution in [0.25, 0.3) is 11.5 Å². The summed E-state index contributed by atoms with van der Waals surface area (Å²) in [5.74, 6) is 0.288. The summed E-state index contributed by atoms with van der Waals surface area (Å²) < 4.78 is 33.7. The van der Waals surface area contributed by atoms with E-state index in [1.54, 1.807) is 23.6 Å². The molecule has 0 aliphatic heterocycles. The molecule has 0 bridgehead atoms. The zero-order valence-electron chi connectivity index (χ0n) is 17.2. The molecule has 4 rings (SSSR count). The Morgan fingerprint density at radius 1 is 1.12 bits per heavy atom. The van der Waals surface area contributed by atoms with E-state index in [0.29, 0.717) is 23.6 Å². The van der Waals surface area contributed by atoms with Crippen LogP contribution in [0.5, 0.6) is 0 Å². The van der Waals surface area contributed by atoms with Crippen molar-refractivity contribution in [3.05, 3.63) is 76.7 Å². The molecule has 0 atom stereocenters. The third-order valence-electron chi connectivity index (χ3n) is 4.52. The molecule has 2 N–H and O–H groups in total. The van der Waals surface area contributed by atoms with E-state index in [2.05, 4.69) is 20.1 Å². The monoisotopic (exact) mass is 485 g/mol. The van der Waals surface area contributed by atoms with Gasteiger partial charge in [-0.1, -0.05) is 0 Å². The van der Waals surface area contributed by atoms with Crippen LogP contribution >= 0.6 is 11.3 Å². The number of hydrogen-bond acceptors (Lipinski definition) is 8. The highest BCUT2D eigenvalue weighted by Crippen LogP contribution is 2.20. The van der Waals surface area contributed by atoms with Crippen LogP contribution in [0.2, 0.25) is 0 Å². The lowest BCUT2D eigenvalue weighted by Gasteiger charge is -2.09. The van der Waals surface area contributed by atoms with Crippen LogP contribution in [0.15, 0.2) is 80.5 Å². The van der Waals surface area contributed by atoms with Crippen molar-refractivity contribution in [1.29, 1.82) is 0 Å². The topological polar surface area (TPSA) is 136 Å². The number of aromatic nitrogens is 3. The van der Waals surface area contributed by atoms with Gasteiger partial charge in [0.25, 0.3) is 15.6 Å². The Balaban J connectivity index is 1.31. The van der Waals surface area contributed by atoms with E-state index in [1.165, 1.54) is 58.8 Å². The molecule has 0 fully saturated rings. The maximum Gasteiger partial charge on any atom is 0.266 e. The van der Waals surface area contributed by atoms with Crippen molar-refractivity contribution in [2.75, 3.05) is 10.0 Å². The standard InChI is InChI=1S/C21H19N5O5S2/c27-19(4-1-12-26-20(28)10-9-17(24-26)18-3-2-13-31-18)23-15-5-7-16(8-6-15)33(29,30)25-21-22-11-14-32-21/h2-3,5-11,13-14H,1,4,12H2,(H,22,25)(H,23,27). The third-order valence-corrected chi connectivity index (χ3v) is 6.69. The number of aryl methyl sites for hydroxylation is 1. The van der Waals surface area contributed by atoms with Crippen LogP contribution in [-0.4, -0.2) is 29.1 Å². The summed E-state index contributed by atoms with van der Waals surface area (Å²) in [7, 11) is -3.76. The molecule has 0 spiro atoms. The molecule has 3 heterocycles. The molecule has 3 aromatic heterocycles. The quantitative estimate of drug-likeness (QED) is 0.371. The van der Waals surface area contributed by atoms with E-state index in [9.17, 15) is 18.0 Å². The van der Waals surface area contributed by atoms with Crippen molar-refractivity contribution >= 4 is 38.1 Å². The Kier molecular flexibility index (Phi) is 6.66. The fraction of sp³-hybridized carbons (Fsp3) is 0.143. The molecule has 170 valence electrons. The lowest BCUT2D eigenvalue weighted by molar-refractivity contribution is -0.116. The van der Waals surface area contributed by atoms with Crippen LogP contribution in [0.3, 0.4) is 0 Å². The average Bonchev–Trinajstić information content (AvgIpc) is 3.50. The fourth-order valence-electron chi connectivity index (χ4n) is 2.94. The predicted octanol–water partition coefficient (Wildman–Crippen LogP) is 3.18. The average molecular weight is 486 g/mol. The number of carbonyl (C=O) groups is 1. The minimum atomic E-state index is -3.76. The highest BCUT2D eigenvalue weighted by Gasteiger charge is 2.15. The first-order chi connectivity index (χ1) is 15.9. The van der Waals surface area contributed by atoms with E-state index in [4.69, 9.17) is 4.42 Å². The van der Waals surface area contributed by atoms with Crippen molar-refractivity contribution in [3.8, 4) is 11.5 Å². The number of amides is 1. The molecular formula is C21H19N5O5S2. The van der Waals surface area contributed by atoms with Crippen molar-refractivity contribution in [1.82, 2.24) is 14.8 Å². The molecule has 0 unspecified atom stereocenters. The zero-order chi connectivity index (χ0) is 23.3. The Morgan fingerprint density at radius 3 is 2.64 bits per heavy atom. The normalized spacial score (nSPS) is 11.3. The Bertz CT molecular complexity index is 1380. The molecule has 4 aromatic rings. The number of nitrogens with zero attached hydrogens (tertiary/aromatic N) is 3. The van der Waals surface area contributed by atoms with Gasteiger partial charge in [-0.2, -0.15) is 5.10 Å². The minimum Gasteiger partial charge on any atom is -0.463 e. The van der Waals surface area contributed by atoms with Crippen molar-refractivity contribution < 1.29 is 17.6 Å². The Labute approximate surface area is 193 Å². The van der Waals surface area contributed by atoms with Crippen molar-refractivity contribution in [2.24, 2.45) is 0 Å². The van der Waals surface area contributed by atoms with Gasteiger partial charge in [-0.25, -0.2) is 18.1 Å². The second kappa shape index (κ2) is 9.79. The third kappa shape index (κ3) is 5.73.